The third kappa shape index (κ3) is 38.9. The SMILES string of the molecule is CC/C=C\C/C=C\C/C=C\C/C=C\C/C=C\C/C=C\CCCOCC(COC1OC(CO)C(O)C(OS(=O)(=O)O)C1O)OC(=O)CCCCCCCCC/C=C\C/C=C\C/C=C\C/C=C\C/C=C\CC. The Balaban J connectivity index is 2.43. The predicted molar refractivity (Wildman–Crippen MR) is 284 cm³/mol. The molecule has 0 radical (unpaired) electrons. The van der Waals surface area contributed by atoms with Crippen LogP contribution in [0.4, 0.5) is 0 Å². The van der Waals surface area contributed by atoms with Gasteiger partial charge in [0, 0.05) is 13.0 Å². The van der Waals surface area contributed by atoms with Crippen LogP contribution in [-0.4, -0.2) is 97.5 Å². The molecule has 4 N–H and O–H groups in total. The van der Waals surface area contributed by atoms with Gasteiger partial charge < -0.3 is 34.3 Å². The number of hydrogen-bond donors (Lipinski definition) is 4. The summed E-state index contributed by atoms with van der Waals surface area (Å²) in [6.45, 7) is 3.57. The molecule has 0 aliphatic carbocycles. The number of unbranched alkanes of at least 4 members (excludes halogenated alkanes) is 8. The fraction of sp³-hybridized carbons (Fsp3) is 0.596. The Bertz CT molecular complexity index is 1720. The number of carbonyl (C=O) groups excluding carboxylic acids is 1. The summed E-state index contributed by atoms with van der Waals surface area (Å²) in [5.74, 6) is -0.436. The second-order valence-corrected chi connectivity index (χ2v) is 18.0. The number of allylic oxidation sites excluding steroid dienone is 22. The van der Waals surface area contributed by atoms with Crippen molar-refractivity contribution < 1.29 is 56.2 Å². The minimum atomic E-state index is -5.08. The van der Waals surface area contributed by atoms with Gasteiger partial charge in [0.05, 0.1) is 19.8 Å². The van der Waals surface area contributed by atoms with Crippen LogP contribution >= 0.6 is 0 Å². The molecule has 1 aliphatic heterocycles. The average Bonchev–Trinajstić information content (AvgIpc) is 3.34. The van der Waals surface area contributed by atoms with Crippen molar-refractivity contribution >= 4 is 16.4 Å². The molecular formula is C57H90O12S. The minimum absolute atomic E-state index is 0.0189. The smallest absolute Gasteiger partial charge is 0.397 e. The summed E-state index contributed by atoms with van der Waals surface area (Å²) in [5, 5.41) is 30.8. The Morgan fingerprint density at radius 1 is 0.543 bits per heavy atom. The number of hydrogen-bond acceptors (Lipinski definition) is 11. The summed E-state index contributed by atoms with van der Waals surface area (Å²) >= 11 is 0. The van der Waals surface area contributed by atoms with Crippen LogP contribution in [0.2, 0.25) is 0 Å². The van der Waals surface area contributed by atoms with Gasteiger partial charge in [-0.05, 0) is 103 Å². The highest BCUT2D eigenvalue weighted by Crippen LogP contribution is 2.26. The van der Waals surface area contributed by atoms with Gasteiger partial charge in [-0.25, -0.2) is 4.18 Å². The molecule has 70 heavy (non-hydrogen) atoms. The maximum absolute atomic E-state index is 12.9. The summed E-state index contributed by atoms with van der Waals surface area (Å²) in [4.78, 5) is 12.9. The van der Waals surface area contributed by atoms with Crippen molar-refractivity contribution in [1.82, 2.24) is 0 Å². The van der Waals surface area contributed by atoms with Gasteiger partial charge in [-0.15, -0.1) is 0 Å². The zero-order valence-electron chi connectivity index (χ0n) is 42.5. The van der Waals surface area contributed by atoms with Crippen molar-refractivity contribution in [2.24, 2.45) is 0 Å². The highest BCUT2D eigenvalue weighted by atomic mass is 32.3. The highest BCUT2D eigenvalue weighted by molar-refractivity contribution is 7.80. The fourth-order valence-electron chi connectivity index (χ4n) is 6.95. The summed E-state index contributed by atoms with van der Waals surface area (Å²) in [5.41, 5.74) is 0. The molecule has 1 heterocycles. The van der Waals surface area contributed by atoms with E-state index in [-0.39, 0.29) is 19.6 Å². The van der Waals surface area contributed by atoms with Gasteiger partial charge in [0.25, 0.3) is 0 Å². The van der Waals surface area contributed by atoms with Crippen LogP contribution in [0.5, 0.6) is 0 Å². The van der Waals surface area contributed by atoms with Crippen molar-refractivity contribution in [1.29, 1.82) is 0 Å². The number of ether oxygens (including phenoxy) is 4. The zero-order valence-corrected chi connectivity index (χ0v) is 43.3. The zero-order chi connectivity index (χ0) is 51.0. The molecule has 13 heteroatoms. The van der Waals surface area contributed by atoms with Gasteiger partial charge in [0.15, 0.2) is 6.29 Å². The number of carbonyl (C=O) groups is 1. The van der Waals surface area contributed by atoms with Crippen LogP contribution in [0.25, 0.3) is 0 Å². The Morgan fingerprint density at radius 3 is 1.37 bits per heavy atom. The monoisotopic (exact) mass is 999 g/mol. The Hall–Kier alpha value is -3.76. The molecular weight excluding hydrogens is 909 g/mol. The van der Waals surface area contributed by atoms with E-state index in [9.17, 15) is 33.1 Å². The highest BCUT2D eigenvalue weighted by Gasteiger charge is 2.48. The molecule has 1 fully saturated rings. The van der Waals surface area contributed by atoms with E-state index in [1.54, 1.807) is 0 Å². The first kappa shape index (κ1) is 64.3. The Kier molecular flexibility index (Phi) is 42.5. The molecule has 6 atom stereocenters. The average molecular weight is 999 g/mol. The van der Waals surface area contributed by atoms with Gasteiger partial charge in [0.1, 0.15) is 30.5 Å². The molecule has 6 unspecified atom stereocenters. The van der Waals surface area contributed by atoms with Crippen molar-refractivity contribution in [2.45, 2.75) is 192 Å². The van der Waals surface area contributed by atoms with Crippen molar-refractivity contribution in [3.05, 3.63) is 134 Å². The Labute approximate surface area is 423 Å². The summed E-state index contributed by atoms with van der Waals surface area (Å²) in [6, 6.07) is 0. The normalized spacial score (nSPS) is 20.2. The minimum Gasteiger partial charge on any atom is -0.457 e. The van der Waals surface area contributed by atoms with Crippen LogP contribution in [0.3, 0.4) is 0 Å². The molecule has 0 spiro atoms. The third-order valence-electron chi connectivity index (χ3n) is 10.8. The topological polar surface area (TPSA) is 178 Å². The number of esters is 1. The maximum Gasteiger partial charge on any atom is 0.397 e. The van der Waals surface area contributed by atoms with E-state index in [0.717, 1.165) is 122 Å². The van der Waals surface area contributed by atoms with Crippen molar-refractivity contribution in [2.75, 3.05) is 26.4 Å². The fourth-order valence-corrected chi connectivity index (χ4v) is 7.46. The lowest BCUT2D eigenvalue weighted by Crippen LogP contribution is -2.60. The van der Waals surface area contributed by atoms with Gasteiger partial charge in [0.2, 0.25) is 0 Å². The summed E-state index contributed by atoms with van der Waals surface area (Å²) in [6.07, 6.45) is 59.2. The first-order chi connectivity index (χ1) is 34.1. The molecule has 1 aliphatic rings. The molecule has 0 aromatic heterocycles. The van der Waals surface area contributed by atoms with E-state index < -0.39 is 59.8 Å². The lowest BCUT2D eigenvalue weighted by atomic mass is 9.99. The quantitative estimate of drug-likeness (QED) is 0.0197. The summed E-state index contributed by atoms with van der Waals surface area (Å²) < 4.78 is 59.2. The molecule has 12 nitrogen and oxygen atoms in total. The first-order valence-electron chi connectivity index (χ1n) is 25.9. The van der Waals surface area contributed by atoms with Crippen molar-refractivity contribution in [3.63, 3.8) is 0 Å². The van der Waals surface area contributed by atoms with Crippen LogP contribution in [0, 0.1) is 0 Å². The van der Waals surface area contributed by atoms with E-state index in [0.29, 0.717) is 13.0 Å². The largest absolute Gasteiger partial charge is 0.457 e. The lowest BCUT2D eigenvalue weighted by molar-refractivity contribution is -0.301. The molecule has 1 rings (SSSR count). The van der Waals surface area contributed by atoms with E-state index >= 15 is 0 Å². The van der Waals surface area contributed by atoms with Crippen LogP contribution in [0.15, 0.2) is 134 Å². The van der Waals surface area contributed by atoms with Gasteiger partial charge in [-0.2, -0.15) is 8.42 Å². The van der Waals surface area contributed by atoms with Gasteiger partial charge in [-0.1, -0.05) is 180 Å². The third-order valence-corrected chi connectivity index (χ3v) is 11.2. The van der Waals surface area contributed by atoms with E-state index in [1.165, 1.54) is 6.42 Å². The number of aliphatic hydroxyl groups is 3. The molecule has 0 saturated carbocycles. The number of aliphatic hydroxyl groups excluding tert-OH is 3. The predicted octanol–water partition coefficient (Wildman–Crippen LogP) is 12.3. The van der Waals surface area contributed by atoms with Crippen LogP contribution < -0.4 is 0 Å². The standard InChI is InChI=1S/C57H90O12S/c1-3-5-7-9-11-13-15-17-19-21-23-25-26-27-28-30-32-34-36-38-40-42-44-46-53(59)67-51(50-66-57-55(61)56(69-70(62,63)64)54(60)52(48-58)68-57)49-65-47-45-43-41-39-37-35-33-31-29-24-22-20-18-16-14-12-10-8-6-4-2/h5-8,11-14,17-20,23-25,27-29,33,35,39,41,51-52,54-58,60-61H,3-4,9-10,15-16,21-22,26,30-32,34,36-38,40,42-50H2,1-2H3,(H,62,63,64)/b7-5-,8-6-,13-11-,14-12-,19-17-,20-18-,25-23-,28-27-,29-24-,35-33-,41-39-. The molecule has 1 saturated heterocycles. The maximum atomic E-state index is 12.9. The second kappa shape index (κ2) is 46.3. The van der Waals surface area contributed by atoms with E-state index in [1.807, 2.05) is 0 Å². The lowest BCUT2D eigenvalue weighted by Gasteiger charge is -2.41. The number of rotatable bonds is 43. The van der Waals surface area contributed by atoms with Crippen LogP contribution in [-0.2, 0) is 38.3 Å². The molecule has 396 valence electrons. The Morgan fingerprint density at radius 2 is 0.943 bits per heavy atom. The van der Waals surface area contributed by atoms with Gasteiger partial charge >= 0.3 is 16.4 Å². The molecule has 0 bridgehead atoms. The first-order valence-corrected chi connectivity index (χ1v) is 27.3. The molecule has 0 aromatic carbocycles. The summed E-state index contributed by atoms with van der Waals surface area (Å²) in [7, 11) is -5.08. The second-order valence-electron chi connectivity index (χ2n) is 17.0. The van der Waals surface area contributed by atoms with Crippen molar-refractivity contribution in [3.8, 4) is 0 Å². The van der Waals surface area contributed by atoms with Gasteiger partial charge in [-0.3, -0.25) is 9.35 Å². The molecule has 0 aromatic rings. The molecule has 0 amide bonds. The van der Waals surface area contributed by atoms with Crippen LogP contribution in [0.1, 0.15) is 155 Å². The van der Waals surface area contributed by atoms with E-state index in [4.69, 9.17) is 18.9 Å². The van der Waals surface area contributed by atoms with E-state index in [2.05, 4.69) is 152 Å².